The van der Waals surface area contributed by atoms with Crippen molar-refractivity contribution >= 4 is 60.0 Å². The lowest BCUT2D eigenvalue weighted by atomic mass is 10.2. The lowest BCUT2D eigenvalue weighted by Crippen LogP contribution is -3.00. The minimum absolute atomic E-state index is 0. The quantitative estimate of drug-likeness (QED) is 0.108. The molecule has 2 aromatic rings. The van der Waals surface area contributed by atoms with E-state index in [2.05, 4.69) is 92.3 Å². The molecule has 0 atom stereocenters. The summed E-state index contributed by atoms with van der Waals surface area (Å²) in [5.74, 6) is 0. The fourth-order valence-electron chi connectivity index (χ4n) is 5.02. The van der Waals surface area contributed by atoms with Crippen molar-refractivity contribution in [3.63, 3.8) is 0 Å². The van der Waals surface area contributed by atoms with Gasteiger partial charge < -0.3 is 55.0 Å². The third-order valence-electron chi connectivity index (χ3n) is 7.31. The molecular weight excluding hydrogens is 849 g/mol. The van der Waals surface area contributed by atoms with Gasteiger partial charge in [0.25, 0.3) is 11.4 Å². The highest BCUT2D eigenvalue weighted by molar-refractivity contribution is 15.0. The summed E-state index contributed by atoms with van der Waals surface area (Å²) in [7, 11) is 0. The zero-order valence-electron chi connectivity index (χ0n) is 25.4. The van der Waals surface area contributed by atoms with Crippen molar-refractivity contribution < 1.29 is 34.7 Å². The Morgan fingerprint density at radius 1 is 0.644 bits per heavy atom. The third kappa shape index (κ3) is 13.4. The predicted molar refractivity (Wildman–Crippen MR) is 189 cm³/mol. The Morgan fingerprint density at radius 3 is 1.29 bits per heavy atom. The standard InChI is InChI=1S/C29H40N8O4.2ClH.I2/c1-24-20-26(36(38)39)6-8-28(24)30-10-3-12-32-16-18-34(22-32)14-5-15-35-19-17-33(23-35)13-4-11-31-29-9-7-27(37(40)41)21-25(29)2;;;1-2/h6-9,16-21,30-31H,3-5,10-15,22-23H2,1-2H3;2*1H;/p-2. The summed E-state index contributed by atoms with van der Waals surface area (Å²) in [6.45, 7) is 11.1. The van der Waals surface area contributed by atoms with E-state index in [1.165, 1.54) is 12.1 Å². The van der Waals surface area contributed by atoms with Crippen LogP contribution in [0.4, 0.5) is 22.7 Å². The van der Waals surface area contributed by atoms with Crippen molar-refractivity contribution in [2.75, 3.05) is 63.2 Å². The highest BCUT2D eigenvalue weighted by Gasteiger charge is 2.15. The number of nitro benzene ring substituents is 2. The van der Waals surface area contributed by atoms with Gasteiger partial charge in [-0.05, 0) is 56.4 Å². The van der Waals surface area contributed by atoms with Crippen LogP contribution in [-0.2, 0) is 0 Å². The van der Waals surface area contributed by atoms with E-state index in [4.69, 9.17) is 0 Å². The van der Waals surface area contributed by atoms with E-state index >= 15 is 0 Å². The molecule has 0 bridgehead atoms. The first-order valence-electron chi connectivity index (χ1n) is 14.2. The molecule has 2 aliphatic rings. The highest BCUT2D eigenvalue weighted by atomic mass is 128. The summed E-state index contributed by atoms with van der Waals surface area (Å²) in [4.78, 5) is 30.4. The first-order valence-corrected chi connectivity index (χ1v) is 20.5. The molecule has 0 aliphatic carbocycles. The van der Waals surface area contributed by atoms with Crippen LogP contribution in [0.15, 0.2) is 61.2 Å². The van der Waals surface area contributed by atoms with Crippen LogP contribution in [0.3, 0.4) is 0 Å². The largest absolute Gasteiger partial charge is 1.00 e. The van der Waals surface area contributed by atoms with Gasteiger partial charge in [0.05, 0.1) is 23.2 Å². The number of anilines is 2. The monoisotopic (exact) mass is 888 g/mol. The van der Waals surface area contributed by atoms with Crippen molar-refractivity contribution in [2.24, 2.45) is 0 Å². The van der Waals surface area contributed by atoms with Gasteiger partial charge in [0.1, 0.15) is 0 Å². The van der Waals surface area contributed by atoms with Crippen molar-refractivity contribution in [2.45, 2.75) is 33.1 Å². The number of aryl methyl sites for hydroxylation is 2. The van der Waals surface area contributed by atoms with Gasteiger partial charge in [-0.2, -0.15) is 0 Å². The lowest BCUT2D eigenvalue weighted by molar-refractivity contribution is -0.385. The van der Waals surface area contributed by atoms with E-state index < -0.39 is 0 Å². The SMILES string of the molecule is Cc1cc([N+](=O)[O-])ccc1NCCCN1C=CN(CCCN2C=CN(CCCNc3ccc([N+](=O)[O-])cc3C)C2)C1.II.[Cl-].[Cl-]. The highest BCUT2D eigenvalue weighted by Crippen LogP contribution is 2.22. The molecule has 4 rings (SSSR count). The normalized spacial score (nSPS) is 13.2. The fourth-order valence-corrected chi connectivity index (χ4v) is 5.02. The molecule has 45 heavy (non-hydrogen) atoms. The molecule has 0 saturated heterocycles. The predicted octanol–water partition coefficient (Wildman–Crippen LogP) is 0.686. The average Bonchev–Trinajstić information content (AvgIpc) is 3.65. The molecule has 250 valence electrons. The molecule has 16 heteroatoms. The first-order chi connectivity index (χ1) is 20.8. The molecule has 0 spiro atoms. The van der Waals surface area contributed by atoms with Gasteiger partial charge in [0.2, 0.25) is 0 Å². The van der Waals surface area contributed by atoms with E-state index in [0.717, 1.165) is 94.4 Å². The van der Waals surface area contributed by atoms with Gasteiger partial charge in [-0.3, -0.25) is 20.2 Å². The summed E-state index contributed by atoms with van der Waals surface area (Å²) in [6, 6.07) is 9.84. The Labute approximate surface area is 301 Å². The smallest absolute Gasteiger partial charge is 0.269 e. The van der Waals surface area contributed by atoms with Crippen molar-refractivity contribution in [1.82, 2.24) is 19.6 Å². The number of benzene rings is 2. The minimum atomic E-state index is -0.367. The average molecular weight is 889 g/mol. The summed E-state index contributed by atoms with van der Waals surface area (Å²) in [6.07, 6.45) is 11.7. The molecule has 0 saturated carbocycles. The second kappa shape index (κ2) is 21.4. The Morgan fingerprint density at radius 2 is 0.978 bits per heavy atom. The molecule has 0 radical (unpaired) electrons. The summed E-state index contributed by atoms with van der Waals surface area (Å²) in [5, 5.41) is 28.6. The van der Waals surface area contributed by atoms with Gasteiger partial charge in [0.15, 0.2) is 0 Å². The molecule has 2 heterocycles. The summed E-state index contributed by atoms with van der Waals surface area (Å²) < 4.78 is 0. The Kier molecular flexibility index (Phi) is 19.3. The Balaban J connectivity index is 0.00000248. The minimum Gasteiger partial charge on any atom is -1.00 e. The molecular formula is C29H40Cl2I2N8O4-2. The van der Waals surface area contributed by atoms with Crippen LogP contribution in [0.1, 0.15) is 30.4 Å². The molecule has 12 nitrogen and oxygen atoms in total. The van der Waals surface area contributed by atoms with Crippen LogP contribution in [0, 0.1) is 34.1 Å². The number of nitrogens with one attached hydrogen (secondary N) is 2. The van der Waals surface area contributed by atoms with Crippen LogP contribution in [0.25, 0.3) is 0 Å². The number of hydrogen-bond acceptors (Lipinski definition) is 10. The van der Waals surface area contributed by atoms with Gasteiger partial charge in [-0.15, -0.1) is 0 Å². The Hall–Kier alpha value is -2.44. The molecule has 2 N–H and O–H groups in total. The molecule has 0 fully saturated rings. The van der Waals surface area contributed by atoms with Crippen LogP contribution in [0.2, 0.25) is 0 Å². The van der Waals surface area contributed by atoms with Gasteiger partial charge in [-0.1, -0.05) is 0 Å². The summed E-state index contributed by atoms with van der Waals surface area (Å²) >= 11 is 4.24. The van der Waals surface area contributed by atoms with Crippen molar-refractivity contribution in [1.29, 1.82) is 0 Å². The number of halogens is 4. The topological polar surface area (TPSA) is 123 Å². The van der Waals surface area contributed by atoms with Crippen molar-refractivity contribution in [3.05, 3.63) is 92.6 Å². The summed E-state index contributed by atoms with van der Waals surface area (Å²) in [5.41, 5.74) is 3.89. The molecule has 0 aromatic heterocycles. The van der Waals surface area contributed by atoms with Crippen LogP contribution < -0.4 is 35.4 Å². The lowest BCUT2D eigenvalue weighted by Gasteiger charge is -2.24. The van der Waals surface area contributed by atoms with Crippen LogP contribution in [-0.4, -0.2) is 82.1 Å². The molecule has 2 aliphatic heterocycles. The van der Waals surface area contributed by atoms with E-state index in [9.17, 15) is 20.2 Å². The first kappa shape index (κ1) is 40.6. The van der Waals surface area contributed by atoms with Crippen LogP contribution in [0.5, 0.6) is 0 Å². The van der Waals surface area contributed by atoms with Gasteiger partial charge in [-0.25, -0.2) is 0 Å². The van der Waals surface area contributed by atoms with Gasteiger partial charge in [0, 0.05) is 137 Å². The van der Waals surface area contributed by atoms with E-state index in [1.54, 1.807) is 24.3 Å². The second-order valence-electron chi connectivity index (χ2n) is 10.6. The molecule has 0 unspecified atom stereocenters. The number of rotatable bonds is 16. The zero-order valence-corrected chi connectivity index (χ0v) is 31.2. The van der Waals surface area contributed by atoms with E-state index in [-0.39, 0.29) is 46.0 Å². The van der Waals surface area contributed by atoms with Gasteiger partial charge >= 0.3 is 0 Å². The van der Waals surface area contributed by atoms with Crippen molar-refractivity contribution in [3.8, 4) is 0 Å². The maximum Gasteiger partial charge on any atom is 0.269 e. The number of nitro groups is 2. The second-order valence-corrected chi connectivity index (χ2v) is 10.6. The van der Waals surface area contributed by atoms with E-state index in [1.807, 2.05) is 13.8 Å². The maximum absolute atomic E-state index is 10.9. The van der Waals surface area contributed by atoms with E-state index in [0.29, 0.717) is 0 Å². The number of nitrogens with zero attached hydrogens (tertiary/aromatic N) is 6. The zero-order chi connectivity index (χ0) is 31.2. The maximum atomic E-state index is 10.9. The third-order valence-corrected chi connectivity index (χ3v) is 7.31. The number of hydrogen-bond donors (Lipinski definition) is 2. The molecule has 2 aromatic carbocycles. The number of non-ortho nitro benzene ring substituents is 2. The fraction of sp³-hybridized carbons (Fsp3) is 0.448. The van der Waals surface area contributed by atoms with Crippen LogP contribution >= 0.6 is 37.2 Å². The molecule has 0 amide bonds. The Bertz CT molecular complexity index is 1200.